The lowest BCUT2D eigenvalue weighted by Crippen LogP contribution is -2.61. The monoisotopic (exact) mass is 630 g/mol. The number of hydrogen-bond acceptors (Lipinski definition) is 6. The summed E-state index contributed by atoms with van der Waals surface area (Å²) in [6, 6.07) is 20.5. The molecule has 46 heavy (non-hydrogen) atoms. The maximum Gasteiger partial charge on any atom is 0.416 e. The highest BCUT2D eigenvalue weighted by molar-refractivity contribution is 5.63. The van der Waals surface area contributed by atoms with E-state index in [1.165, 1.54) is 25.0 Å². The van der Waals surface area contributed by atoms with E-state index in [4.69, 9.17) is 9.97 Å². The van der Waals surface area contributed by atoms with Crippen LogP contribution in [0.1, 0.15) is 42.5 Å². The van der Waals surface area contributed by atoms with Gasteiger partial charge in [0, 0.05) is 93.4 Å². The third kappa shape index (κ3) is 7.18. The molecule has 2 aliphatic rings. The number of rotatable bonds is 8. The summed E-state index contributed by atoms with van der Waals surface area (Å²) in [6.07, 6.45) is 3.63. The van der Waals surface area contributed by atoms with Gasteiger partial charge in [-0.3, -0.25) is 4.98 Å². The summed E-state index contributed by atoms with van der Waals surface area (Å²) in [4.78, 5) is 18.4. The van der Waals surface area contributed by atoms with E-state index >= 15 is 0 Å². The first-order valence-corrected chi connectivity index (χ1v) is 16.2. The molecule has 6 rings (SSSR count). The summed E-state index contributed by atoms with van der Waals surface area (Å²) in [5.74, 6) is 0.605. The third-order valence-corrected chi connectivity index (χ3v) is 9.93. The molecular weight excluding hydrogens is 587 g/mol. The Kier molecular flexibility index (Phi) is 9.29. The Balaban J connectivity index is 1.26. The minimum absolute atomic E-state index is 0.248. The van der Waals surface area contributed by atoms with Crippen LogP contribution in [0.2, 0.25) is 0 Å². The summed E-state index contributed by atoms with van der Waals surface area (Å²) in [7, 11) is 4.47. The number of quaternary nitrogens is 1. The number of aryl methyl sites for hydroxylation is 1. The Morgan fingerprint density at radius 2 is 1.52 bits per heavy atom. The van der Waals surface area contributed by atoms with Crippen molar-refractivity contribution in [1.29, 1.82) is 0 Å². The first-order chi connectivity index (χ1) is 22.1. The van der Waals surface area contributed by atoms with Gasteiger partial charge in [0.25, 0.3) is 0 Å². The van der Waals surface area contributed by atoms with Crippen molar-refractivity contribution < 1.29 is 17.7 Å². The SMILES string of the molecule is Cc1cc(N(C)c2ccc(CN(c3nccc(-c4ccc(C(F)(F)F)cc4)n3)C3CC[N+](C)(C4CCNCC4)CC3)cc2)ccn1. The van der Waals surface area contributed by atoms with Gasteiger partial charge < -0.3 is 19.6 Å². The van der Waals surface area contributed by atoms with Crippen LogP contribution in [0.25, 0.3) is 11.3 Å². The smallest absolute Gasteiger partial charge is 0.345 e. The summed E-state index contributed by atoms with van der Waals surface area (Å²) in [5, 5.41) is 3.50. The number of aromatic nitrogens is 3. The van der Waals surface area contributed by atoms with Gasteiger partial charge in [-0.25, -0.2) is 9.97 Å². The number of benzene rings is 2. The maximum absolute atomic E-state index is 13.2. The van der Waals surface area contributed by atoms with Gasteiger partial charge in [-0.2, -0.15) is 13.2 Å². The molecule has 0 radical (unpaired) electrons. The van der Waals surface area contributed by atoms with E-state index in [1.54, 1.807) is 12.3 Å². The molecule has 2 aromatic carbocycles. The molecule has 2 aromatic heterocycles. The molecule has 2 aliphatic heterocycles. The van der Waals surface area contributed by atoms with Crippen LogP contribution in [-0.4, -0.2) is 71.8 Å². The highest BCUT2D eigenvalue weighted by Crippen LogP contribution is 2.33. The van der Waals surface area contributed by atoms with Crippen molar-refractivity contribution in [2.75, 3.05) is 50.1 Å². The lowest BCUT2D eigenvalue weighted by Gasteiger charge is -2.49. The molecule has 242 valence electrons. The van der Waals surface area contributed by atoms with Crippen LogP contribution in [0, 0.1) is 6.92 Å². The van der Waals surface area contributed by atoms with Gasteiger partial charge in [-0.05, 0) is 55.0 Å². The highest BCUT2D eigenvalue weighted by atomic mass is 19.4. The molecule has 0 aliphatic carbocycles. The van der Waals surface area contributed by atoms with Crippen LogP contribution in [-0.2, 0) is 12.7 Å². The maximum atomic E-state index is 13.2. The fourth-order valence-electron chi connectivity index (χ4n) is 7.00. The molecule has 7 nitrogen and oxygen atoms in total. The van der Waals surface area contributed by atoms with Gasteiger partial charge in [0.15, 0.2) is 0 Å². The number of anilines is 3. The lowest BCUT2D eigenvalue weighted by molar-refractivity contribution is -0.938. The van der Waals surface area contributed by atoms with Crippen molar-refractivity contribution in [3.8, 4) is 11.3 Å². The van der Waals surface area contributed by atoms with Crippen LogP contribution in [0.15, 0.2) is 79.1 Å². The van der Waals surface area contributed by atoms with E-state index in [1.807, 2.05) is 19.2 Å². The molecule has 4 aromatic rings. The summed E-state index contributed by atoms with van der Waals surface area (Å²) >= 11 is 0. The predicted octanol–water partition coefficient (Wildman–Crippen LogP) is 7.00. The highest BCUT2D eigenvalue weighted by Gasteiger charge is 2.39. The number of piperidine rings is 2. The van der Waals surface area contributed by atoms with E-state index < -0.39 is 11.7 Å². The van der Waals surface area contributed by atoms with Crippen LogP contribution in [0.5, 0.6) is 0 Å². The number of halogens is 3. The van der Waals surface area contributed by atoms with Crippen molar-refractivity contribution in [1.82, 2.24) is 20.3 Å². The molecule has 0 bridgehead atoms. The first-order valence-electron chi connectivity index (χ1n) is 16.2. The van der Waals surface area contributed by atoms with E-state index in [-0.39, 0.29) is 6.04 Å². The van der Waals surface area contributed by atoms with Gasteiger partial charge in [0.05, 0.1) is 37.4 Å². The average molecular weight is 631 g/mol. The quantitative estimate of drug-likeness (QED) is 0.212. The summed E-state index contributed by atoms with van der Waals surface area (Å²) in [5.41, 5.74) is 4.85. The van der Waals surface area contributed by atoms with E-state index in [0.29, 0.717) is 29.8 Å². The second-order valence-electron chi connectivity index (χ2n) is 13.0. The molecule has 0 atom stereocenters. The Labute approximate surface area is 269 Å². The lowest BCUT2D eigenvalue weighted by atomic mass is 9.94. The molecular formula is C36H43F3N7+. The molecule has 0 amide bonds. The second kappa shape index (κ2) is 13.4. The number of alkyl halides is 3. The summed E-state index contributed by atoms with van der Waals surface area (Å²) in [6.45, 7) is 6.99. The van der Waals surface area contributed by atoms with Crippen LogP contribution >= 0.6 is 0 Å². The molecule has 0 saturated carbocycles. The molecule has 0 unspecified atom stereocenters. The minimum atomic E-state index is -4.38. The van der Waals surface area contributed by atoms with Crippen molar-refractivity contribution in [2.45, 2.75) is 57.4 Å². The third-order valence-electron chi connectivity index (χ3n) is 9.93. The number of pyridine rings is 1. The van der Waals surface area contributed by atoms with Crippen molar-refractivity contribution in [2.24, 2.45) is 0 Å². The van der Waals surface area contributed by atoms with Crippen molar-refractivity contribution in [3.63, 3.8) is 0 Å². The summed E-state index contributed by atoms with van der Waals surface area (Å²) < 4.78 is 40.7. The Bertz CT molecular complexity index is 1590. The fourth-order valence-corrected chi connectivity index (χ4v) is 7.00. The topological polar surface area (TPSA) is 57.2 Å². The van der Waals surface area contributed by atoms with E-state index in [0.717, 1.165) is 78.3 Å². The normalized spacial score (nSPS) is 20.8. The zero-order valence-corrected chi connectivity index (χ0v) is 26.8. The number of nitrogens with zero attached hydrogens (tertiary/aromatic N) is 6. The predicted molar refractivity (Wildman–Crippen MR) is 177 cm³/mol. The van der Waals surface area contributed by atoms with Crippen molar-refractivity contribution >= 4 is 17.3 Å². The molecule has 2 fully saturated rings. The van der Waals surface area contributed by atoms with Crippen LogP contribution in [0.4, 0.5) is 30.5 Å². The Morgan fingerprint density at radius 3 is 2.17 bits per heavy atom. The minimum Gasteiger partial charge on any atom is -0.345 e. The number of nitrogens with one attached hydrogen (secondary N) is 1. The van der Waals surface area contributed by atoms with Gasteiger partial charge in [-0.1, -0.05) is 24.3 Å². The van der Waals surface area contributed by atoms with Gasteiger partial charge in [0.2, 0.25) is 5.95 Å². The van der Waals surface area contributed by atoms with Gasteiger partial charge >= 0.3 is 6.18 Å². The first kappa shape index (κ1) is 31.9. The second-order valence-corrected chi connectivity index (χ2v) is 13.0. The molecule has 4 heterocycles. The van der Waals surface area contributed by atoms with Gasteiger partial charge in [-0.15, -0.1) is 0 Å². The average Bonchev–Trinajstić information content (AvgIpc) is 3.08. The van der Waals surface area contributed by atoms with E-state index in [9.17, 15) is 13.2 Å². The zero-order chi connectivity index (χ0) is 32.3. The van der Waals surface area contributed by atoms with Crippen LogP contribution in [0.3, 0.4) is 0 Å². The standard InChI is InChI=1S/C36H43F3N7/c1-26-24-32(12-20-41-26)44(2)30-10-4-27(5-11-30)25-45(31-16-22-46(3,23-17-31)33-13-18-40-19-14-33)35-42-21-15-34(43-35)28-6-8-29(9-7-28)36(37,38)39/h4-12,15,20-21,24,31,33,40H,13-14,16-19,22-23,25H2,1-3H3/q+1. The molecule has 10 heteroatoms. The zero-order valence-electron chi connectivity index (χ0n) is 26.8. The molecule has 2 saturated heterocycles. The van der Waals surface area contributed by atoms with Crippen molar-refractivity contribution in [3.05, 3.63) is 95.9 Å². The van der Waals surface area contributed by atoms with Gasteiger partial charge in [0.1, 0.15) is 0 Å². The number of hydrogen-bond donors (Lipinski definition) is 1. The molecule has 0 spiro atoms. The largest absolute Gasteiger partial charge is 0.416 e. The molecule has 1 N–H and O–H groups in total. The Hall–Kier alpha value is -4.02. The van der Waals surface area contributed by atoms with Crippen LogP contribution < -0.4 is 15.1 Å². The fraction of sp³-hybridized carbons (Fsp3) is 0.417. The Morgan fingerprint density at radius 1 is 0.848 bits per heavy atom. The van der Waals surface area contributed by atoms with E-state index in [2.05, 4.69) is 64.5 Å². The number of likely N-dealkylation sites (tertiary alicyclic amines) is 1.